The minimum absolute atomic E-state index is 0.0454. The number of hydroxylamine groups is 1. The van der Waals surface area contributed by atoms with E-state index >= 15 is 0 Å². The van der Waals surface area contributed by atoms with Crippen molar-refractivity contribution >= 4 is 34.6 Å². The molecule has 3 amide bonds. The quantitative estimate of drug-likeness (QED) is 0.437. The molecule has 0 bridgehead atoms. The Bertz CT molecular complexity index is 1010. The van der Waals surface area contributed by atoms with Crippen LogP contribution in [0.2, 0.25) is 0 Å². The number of fused-ring (bicyclic) bond motifs is 1. The molecule has 0 aromatic carbocycles. The molecule has 2 aromatic rings. The first-order valence-electron chi connectivity index (χ1n) is 10.1. The van der Waals surface area contributed by atoms with Crippen LogP contribution in [0, 0.1) is 5.21 Å². The number of hydrogen-bond acceptors (Lipinski definition) is 5. The first kappa shape index (κ1) is 21.1. The highest BCUT2D eigenvalue weighted by Crippen LogP contribution is 2.42. The molecule has 30 heavy (non-hydrogen) atoms. The van der Waals surface area contributed by atoms with Crippen molar-refractivity contribution in [2.24, 2.45) is 0 Å². The summed E-state index contributed by atoms with van der Waals surface area (Å²) in [5.74, 6) is 0.673. The average Bonchev–Trinajstić information content (AvgIpc) is 3.40. The largest absolute Gasteiger partial charge is 0.588 e. The summed E-state index contributed by atoms with van der Waals surface area (Å²) in [5, 5.41) is 17.4. The van der Waals surface area contributed by atoms with Crippen LogP contribution in [-0.2, 0) is 16.2 Å². The van der Waals surface area contributed by atoms with Crippen LogP contribution in [0.15, 0.2) is 18.2 Å². The molecule has 1 saturated heterocycles. The van der Waals surface area contributed by atoms with Crippen molar-refractivity contribution in [2.75, 3.05) is 18.5 Å². The maximum Gasteiger partial charge on any atom is 0.332 e. The maximum atomic E-state index is 12.8. The fourth-order valence-corrected chi connectivity index (χ4v) is 4.58. The number of hydrogen-bond donors (Lipinski definition) is 1. The first-order valence-corrected chi connectivity index (χ1v) is 11.2. The molecule has 2 unspecified atom stereocenters. The lowest BCUT2D eigenvalue weighted by molar-refractivity contribution is -0.746. The van der Waals surface area contributed by atoms with E-state index < -0.39 is 28.2 Å². The van der Waals surface area contributed by atoms with Gasteiger partial charge in [0.2, 0.25) is 0 Å². The predicted octanol–water partition coefficient (Wildman–Crippen LogP) is 1.52. The average molecular weight is 434 g/mol. The number of nitrogens with one attached hydrogen (secondary N) is 1. The molecule has 9 nitrogen and oxygen atoms in total. The fraction of sp³-hybridized carbons (Fsp3) is 0.550. The van der Waals surface area contributed by atoms with Gasteiger partial charge in [0.05, 0.1) is 5.52 Å². The third-order valence-electron chi connectivity index (χ3n) is 5.63. The van der Waals surface area contributed by atoms with Crippen LogP contribution in [0.4, 0.5) is 10.6 Å². The van der Waals surface area contributed by atoms with Crippen LogP contribution in [0.25, 0.3) is 5.52 Å². The van der Waals surface area contributed by atoms with Crippen molar-refractivity contribution in [1.29, 1.82) is 0 Å². The summed E-state index contributed by atoms with van der Waals surface area (Å²) in [7, 11) is 1.46. The second kappa shape index (κ2) is 7.23. The smallest absolute Gasteiger partial charge is 0.332 e. The Hall–Kier alpha value is -2.14. The van der Waals surface area contributed by atoms with Gasteiger partial charge in [-0.05, 0) is 70.2 Å². The second-order valence-electron chi connectivity index (χ2n) is 9.07. The zero-order valence-electron chi connectivity index (χ0n) is 17.8. The zero-order valence-corrected chi connectivity index (χ0v) is 18.7. The monoisotopic (exact) mass is 433 g/mol. The molecule has 2 fully saturated rings. The fourth-order valence-electron chi connectivity index (χ4n) is 3.54. The standard InChI is InChI=1S/C20H27N5O4S/c1-12(25(28)30(29)20(2,3)4)16-10-15-8-14(13-6-7-13)9-17(24(15)21-16)23-11-18(26)22(5)19(23)27/h8-10,12-13,25H,6-7,11H2,1-5H3/t12-,30?/m1/s1. The third kappa shape index (κ3) is 3.58. The van der Waals surface area contributed by atoms with Gasteiger partial charge >= 0.3 is 6.03 Å². The number of pyridine rings is 1. The van der Waals surface area contributed by atoms with Gasteiger partial charge in [0.25, 0.3) is 5.91 Å². The maximum absolute atomic E-state index is 12.8. The lowest BCUT2D eigenvalue weighted by Gasteiger charge is -2.33. The molecule has 0 spiro atoms. The van der Waals surface area contributed by atoms with Gasteiger partial charge in [0.15, 0.2) is 22.2 Å². The number of carbonyl (C=O) groups excluding carboxylic acids is 2. The normalized spacial score (nSPS) is 20.9. The molecule has 1 aliphatic heterocycles. The summed E-state index contributed by atoms with van der Waals surface area (Å²) in [6, 6.07) is 4.68. The molecule has 162 valence electrons. The highest BCUT2D eigenvalue weighted by molar-refractivity contribution is 7.86. The molecule has 0 radical (unpaired) electrons. The van der Waals surface area contributed by atoms with Crippen molar-refractivity contribution in [1.82, 2.24) is 14.5 Å². The number of anilines is 1. The van der Waals surface area contributed by atoms with Gasteiger partial charge in [-0.3, -0.25) is 14.6 Å². The lowest BCUT2D eigenvalue weighted by Crippen LogP contribution is -3.11. The van der Waals surface area contributed by atoms with E-state index in [0.717, 1.165) is 28.8 Å². The Morgan fingerprint density at radius 3 is 2.43 bits per heavy atom. The van der Waals surface area contributed by atoms with Crippen molar-refractivity contribution in [3.63, 3.8) is 0 Å². The highest BCUT2D eigenvalue weighted by Gasteiger charge is 2.39. The van der Waals surface area contributed by atoms with E-state index in [1.165, 1.54) is 11.9 Å². The first-order chi connectivity index (χ1) is 14.0. The Labute approximate surface area is 178 Å². The van der Waals surface area contributed by atoms with Gasteiger partial charge in [-0.1, -0.05) is 0 Å². The van der Waals surface area contributed by atoms with E-state index in [2.05, 4.69) is 5.10 Å². The number of imide groups is 1. The van der Waals surface area contributed by atoms with Gasteiger partial charge in [-0.2, -0.15) is 9.57 Å². The van der Waals surface area contributed by atoms with Crippen molar-refractivity contribution in [2.45, 2.75) is 57.2 Å². The topological polar surface area (TPSA) is 108 Å². The number of likely N-dealkylation sites (N-methyl/N-ethyl adjacent to an activating group) is 1. The Morgan fingerprint density at radius 1 is 1.23 bits per heavy atom. The van der Waals surface area contributed by atoms with Gasteiger partial charge in [-0.15, -0.1) is 0 Å². The third-order valence-corrected chi connectivity index (χ3v) is 7.46. The van der Waals surface area contributed by atoms with E-state index in [9.17, 15) is 19.3 Å². The van der Waals surface area contributed by atoms with Gasteiger partial charge in [-0.25, -0.2) is 9.31 Å². The van der Waals surface area contributed by atoms with Crippen LogP contribution in [0.1, 0.15) is 63.8 Å². The Kier molecular flexibility index (Phi) is 5.08. The molecule has 1 aliphatic carbocycles. The number of nitrogens with zero attached hydrogens (tertiary/aromatic N) is 4. The van der Waals surface area contributed by atoms with Crippen LogP contribution in [-0.4, -0.2) is 49.3 Å². The predicted molar refractivity (Wildman–Crippen MR) is 113 cm³/mol. The number of rotatable bonds is 5. The summed E-state index contributed by atoms with van der Waals surface area (Å²) in [5.41, 5.74) is 2.34. The van der Waals surface area contributed by atoms with E-state index in [0.29, 0.717) is 17.4 Å². The minimum Gasteiger partial charge on any atom is -0.588 e. The summed E-state index contributed by atoms with van der Waals surface area (Å²) >= 11 is -1.66. The lowest BCUT2D eigenvalue weighted by atomic mass is 10.1. The van der Waals surface area contributed by atoms with Crippen LogP contribution >= 0.6 is 0 Å². The van der Waals surface area contributed by atoms with Gasteiger partial charge in [0, 0.05) is 7.05 Å². The Morgan fingerprint density at radius 2 is 1.90 bits per heavy atom. The summed E-state index contributed by atoms with van der Waals surface area (Å²) in [4.78, 5) is 27.2. The van der Waals surface area contributed by atoms with Crippen LogP contribution in [0.5, 0.6) is 0 Å². The number of carbonyl (C=O) groups is 2. The van der Waals surface area contributed by atoms with Crippen LogP contribution in [0.3, 0.4) is 0 Å². The molecule has 4 rings (SSSR count). The SMILES string of the molecule is C[C@H](c1cc2cc(C3CC3)cc(N3CC(=O)N(C)C3=O)n2n1)[NH+]([O-])[S+]([O-])C(C)(C)C. The van der Waals surface area contributed by atoms with E-state index in [1.807, 2.05) is 18.2 Å². The number of aromatic nitrogens is 2. The summed E-state index contributed by atoms with van der Waals surface area (Å²) in [6.45, 7) is 6.96. The Balaban J connectivity index is 1.76. The molecule has 2 aromatic heterocycles. The van der Waals surface area contributed by atoms with Gasteiger partial charge < -0.3 is 9.76 Å². The second-order valence-corrected chi connectivity index (χ2v) is 11.2. The molecule has 1 saturated carbocycles. The molecule has 10 heteroatoms. The summed E-state index contributed by atoms with van der Waals surface area (Å²) in [6.07, 6.45) is 2.17. The molecule has 3 atom stereocenters. The zero-order chi connectivity index (χ0) is 22.0. The number of urea groups is 1. The highest BCUT2D eigenvalue weighted by atomic mass is 32.2. The van der Waals surface area contributed by atoms with Crippen LogP contribution < -0.4 is 9.37 Å². The number of quaternary nitrogens is 1. The molecular weight excluding hydrogens is 406 g/mol. The van der Waals surface area contributed by atoms with Crippen molar-refractivity contribution in [3.05, 3.63) is 34.7 Å². The molecular formula is C20H27N5O4S. The van der Waals surface area contributed by atoms with Crippen molar-refractivity contribution < 1.29 is 18.6 Å². The molecule has 1 N–H and O–H groups in total. The van der Waals surface area contributed by atoms with Gasteiger partial charge in [0.1, 0.15) is 18.1 Å². The van der Waals surface area contributed by atoms with E-state index in [4.69, 9.17) is 0 Å². The van der Waals surface area contributed by atoms with E-state index in [1.54, 1.807) is 32.2 Å². The van der Waals surface area contributed by atoms with Crippen molar-refractivity contribution in [3.8, 4) is 0 Å². The summed E-state index contributed by atoms with van der Waals surface area (Å²) < 4.78 is 13.2. The van der Waals surface area contributed by atoms with E-state index in [-0.39, 0.29) is 16.9 Å². The molecule has 3 heterocycles. The molecule has 2 aliphatic rings. The minimum atomic E-state index is -1.66. The number of amides is 3.